The van der Waals surface area contributed by atoms with Crippen molar-refractivity contribution in [1.29, 1.82) is 0 Å². The third-order valence-corrected chi connectivity index (χ3v) is 2.19. The third kappa shape index (κ3) is 3.77. The molecule has 0 heterocycles. The Morgan fingerprint density at radius 3 is 2.88 bits per heavy atom. The molecule has 0 saturated heterocycles. The summed E-state index contributed by atoms with van der Waals surface area (Å²) in [5.74, 6) is -0.203. The molecule has 0 aromatic heterocycles. The summed E-state index contributed by atoms with van der Waals surface area (Å²) in [7, 11) is 0. The van der Waals surface area contributed by atoms with E-state index in [0.29, 0.717) is 13.0 Å². The number of benzene rings is 1. The van der Waals surface area contributed by atoms with E-state index in [1.54, 1.807) is 13.0 Å². The number of carbonyl (C=O) groups excluding carboxylic acids is 1. The van der Waals surface area contributed by atoms with Gasteiger partial charge >= 0.3 is 5.97 Å². The summed E-state index contributed by atoms with van der Waals surface area (Å²) in [6.07, 6.45) is 3.99. The smallest absolute Gasteiger partial charge is 0.309 e. The standard InChI is InChI=1S/C13H17NO2/c1-3-16-13(15)6-4-5-11-7-8-12(14)10(2)9-11/h4-5,7-9H,3,6,14H2,1-2H3. The van der Waals surface area contributed by atoms with Gasteiger partial charge in [0.2, 0.25) is 0 Å². The molecule has 0 bridgehead atoms. The predicted octanol–water partition coefficient (Wildman–Crippen LogP) is 2.54. The van der Waals surface area contributed by atoms with Gasteiger partial charge < -0.3 is 10.5 Å². The van der Waals surface area contributed by atoms with Crippen molar-refractivity contribution in [2.75, 3.05) is 12.3 Å². The summed E-state index contributed by atoms with van der Waals surface area (Å²) in [6.45, 7) is 4.18. The molecular weight excluding hydrogens is 202 g/mol. The molecule has 3 nitrogen and oxygen atoms in total. The molecule has 0 aliphatic rings. The zero-order chi connectivity index (χ0) is 12.0. The lowest BCUT2D eigenvalue weighted by atomic mass is 10.1. The molecule has 0 aliphatic heterocycles. The maximum Gasteiger partial charge on any atom is 0.309 e. The highest BCUT2D eigenvalue weighted by Gasteiger charge is 1.97. The van der Waals surface area contributed by atoms with Crippen LogP contribution in [0.15, 0.2) is 24.3 Å². The van der Waals surface area contributed by atoms with Gasteiger partial charge in [-0.15, -0.1) is 0 Å². The predicted molar refractivity (Wildman–Crippen MR) is 65.9 cm³/mol. The van der Waals surface area contributed by atoms with Crippen LogP contribution in [0.4, 0.5) is 5.69 Å². The van der Waals surface area contributed by atoms with Gasteiger partial charge in [-0.3, -0.25) is 4.79 Å². The van der Waals surface area contributed by atoms with E-state index in [4.69, 9.17) is 10.5 Å². The quantitative estimate of drug-likeness (QED) is 0.625. The van der Waals surface area contributed by atoms with Gasteiger partial charge in [0.1, 0.15) is 0 Å². The Bertz CT molecular complexity index is 397. The van der Waals surface area contributed by atoms with E-state index in [1.165, 1.54) is 0 Å². The van der Waals surface area contributed by atoms with E-state index in [-0.39, 0.29) is 5.97 Å². The fourth-order valence-corrected chi connectivity index (χ4v) is 1.31. The lowest BCUT2D eigenvalue weighted by Crippen LogP contribution is -2.01. The monoisotopic (exact) mass is 219 g/mol. The molecule has 0 radical (unpaired) electrons. The molecule has 2 N–H and O–H groups in total. The summed E-state index contributed by atoms with van der Waals surface area (Å²) in [5, 5.41) is 0. The van der Waals surface area contributed by atoms with Crippen molar-refractivity contribution < 1.29 is 9.53 Å². The topological polar surface area (TPSA) is 52.3 Å². The highest BCUT2D eigenvalue weighted by Crippen LogP contribution is 2.13. The Balaban J connectivity index is 2.56. The summed E-state index contributed by atoms with van der Waals surface area (Å²) >= 11 is 0. The fourth-order valence-electron chi connectivity index (χ4n) is 1.31. The van der Waals surface area contributed by atoms with Crippen molar-refractivity contribution in [3.05, 3.63) is 35.4 Å². The largest absolute Gasteiger partial charge is 0.466 e. The number of aryl methyl sites for hydroxylation is 1. The molecule has 0 fully saturated rings. The second kappa shape index (κ2) is 5.95. The van der Waals surface area contributed by atoms with Crippen LogP contribution in [-0.4, -0.2) is 12.6 Å². The third-order valence-electron chi connectivity index (χ3n) is 2.19. The minimum atomic E-state index is -0.203. The highest BCUT2D eigenvalue weighted by molar-refractivity contribution is 5.72. The summed E-state index contributed by atoms with van der Waals surface area (Å²) in [6, 6.07) is 5.76. The van der Waals surface area contributed by atoms with Crippen molar-refractivity contribution in [3.8, 4) is 0 Å². The van der Waals surface area contributed by atoms with E-state index in [9.17, 15) is 4.79 Å². The van der Waals surface area contributed by atoms with Gasteiger partial charge in [-0.1, -0.05) is 24.3 Å². The van der Waals surface area contributed by atoms with Crippen LogP contribution in [0, 0.1) is 6.92 Å². The Morgan fingerprint density at radius 2 is 2.25 bits per heavy atom. The number of hydrogen-bond acceptors (Lipinski definition) is 3. The minimum absolute atomic E-state index is 0.203. The number of hydrogen-bond donors (Lipinski definition) is 1. The van der Waals surface area contributed by atoms with Crippen LogP contribution in [-0.2, 0) is 9.53 Å². The molecule has 0 amide bonds. The lowest BCUT2D eigenvalue weighted by Gasteiger charge is -2.01. The second-order valence-electron chi connectivity index (χ2n) is 3.53. The van der Waals surface area contributed by atoms with Crippen LogP contribution in [0.2, 0.25) is 0 Å². The first-order chi connectivity index (χ1) is 7.63. The molecule has 1 aromatic carbocycles. The minimum Gasteiger partial charge on any atom is -0.466 e. The molecule has 0 aliphatic carbocycles. The maximum absolute atomic E-state index is 11.1. The molecule has 86 valence electrons. The van der Waals surface area contributed by atoms with Crippen LogP contribution in [0.1, 0.15) is 24.5 Å². The molecule has 0 atom stereocenters. The van der Waals surface area contributed by atoms with Gasteiger partial charge in [-0.2, -0.15) is 0 Å². The number of carbonyl (C=O) groups is 1. The highest BCUT2D eigenvalue weighted by atomic mass is 16.5. The Labute approximate surface area is 95.9 Å². The van der Waals surface area contributed by atoms with Gasteiger partial charge in [-0.05, 0) is 31.0 Å². The molecule has 1 aromatic rings. The second-order valence-corrected chi connectivity index (χ2v) is 3.53. The number of nitrogen functional groups attached to an aromatic ring is 1. The van der Waals surface area contributed by atoms with Gasteiger partial charge in [0.15, 0.2) is 0 Å². The summed E-state index contributed by atoms with van der Waals surface area (Å²) < 4.78 is 4.81. The zero-order valence-corrected chi connectivity index (χ0v) is 9.69. The van der Waals surface area contributed by atoms with Crippen molar-refractivity contribution in [2.24, 2.45) is 0 Å². The number of nitrogens with two attached hydrogens (primary N) is 1. The average molecular weight is 219 g/mol. The number of ether oxygens (including phenoxy) is 1. The number of esters is 1. The molecule has 1 rings (SSSR count). The number of rotatable bonds is 4. The van der Waals surface area contributed by atoms with Crippen molar-refractivity contribution >= 4 is 17.7 Å². The van der Waals surface area contributed by atoms with E-state index >= 15 is 0 Å². The molecule has 3 heteroatoms. The van der Waals surface area contributed by atoms with Gasteiger partial charge in [0, 0.05) is 5.69 Å². The van der Waals surface area contributed by atoms with Gasteiger partial charge in [-0.25, -0.2) is 0 Å². The Hall–Kier alpha value is -1.77. The molecule has 16 heavy (non-hydrogen) atoms. The van der Waals surface area contributed by atoms with E-state index < -0.39 is 0 Å². The Morgan fingerprint density at radius 1 is 1.50 bits per heavy atom. The van der Waals surface area contributed by atoms with Crippen molar-refractivity contribution in [2.45, 2.75) is 20.3 Å². The summed E-state index contributed by atoms with van der Waals surface area (Å²) in [5.41, 5.74) is 8.57. The Kier molecular flexibility index (Phi) is 4.58. The van der Waals surface area contributed by atoms with E-state index in [0.717, 1.165) is 16.8 Å². The van der Waals surface area contributed by atoms with E-state index in [1.807, 2.05) is 31.2 Å². The van der Waals surface area contributed by atoms with Crippen molar-refractivity contribution in [1.82, 2.24) is 0 Å². The maximum atomic E-state index is 11.1. The summed E-state index contributed by atoms with van der Waals surface area (Å²) in [4.78, 5) is 11.1. The first-order valence-corrected chi connectivity index (χ1v) is 5.31. The van der Waals surface area contributed by atoms with Crippen LogP contribution >= 0.6 is 0 Å². The molecule has 0 unspecified atom stereocenters. The van der Waals surface area contributed by atoms with Gasteiger partial charge in [0.25, 0.3) is 0 Å². The molecule has 0 spiro atoms. The van der Waals surface area contributed by atoms with Crippen molar-refractivity contribution in [3.63, 3.8) is 0 Å². The average Bonchev–Trinajstić information content (AvgIpc) is 2.24. The molecular formula is C13H17NO2. The van der Waals surface area contributed by atoms with Crippen LogP contribution < -0.4 is 5.73 Å². The van der Waals surface area contributed by atoms with Gasteiger partial charge in [0.05, 0.1) is 13.0 Å². The molecule has 0 saturated carbocycles. The van der Waals surface area contributed by atoms with Crippen LogP contribution in [0.25, 0.3) is 6.08 Å². The first kappa shape index (κ1) is 12.3. The van der Waals surface area contributed by atoms with Crippen LogP contribution in [0.3, 0.4) is 0 Å². The van der Waals surface area contributed by atoms with E-state index in [2.05, 4.69) is 0 Å². The first-order valence-electron chi connectivity index (χ1n) is 5.31. The fraction of sp³-hybridized carbons (Fsp3) is 0.308. The van der Waals surface area contributed by atoms with Crippen LogP contribution in [0.5, 0.6) is 0 Å². The zero-order valence-electron chi connectivity index (χ0n) is 9.69. The SMILES string of the molecule is CCOC(=O)CC=Cc1ccc(N)c(C)c1. The lowest BCUT2D eigenvalue weighted by molar-refractivity contribution is -0.142. The normalized spacial score (nSPS) is 10.6. The number of anilines is 1.